The summed E-state index contributed by atoms with van der Waals surface area (Å²) in [6.07, 6.45) is 11.5. The third kappa shape index (κ3) is 4.49. The number of rotatable bonds is 6. The van der Waals surface area contributed by atoms with Crippen LogP contribution in [-0.4, -0.2) is 46.3 Å². The third-order valence-corrected chi connectivity index (χ3v) is 5.01. The van der Waals surface area contributed by atoms with Crippen LogP contribution in [0.1, 0.15) is 44.9 Å². The maximum Gasteiger partial charge on any atom is 0.321 e. The van der Waals surface area contributed by atoms with E-state index in [1.165, 1.54) is 32.1 Å². The van der Waals surface area contributed by atoms with Crippen molar-refractivity contribution in [1.82, 2.24) is 20.0 Å². The van der Waals surface area contributed by atoms with Crippen LogP contribution in [0, 0.1) is 5.92 Å². The van der Waals surface area contributed by atoms with Gasteiger partial charge in [-0.15, -0.1) is 0 Å². The Balaban J connectivity index is 1.44. The van der Waals surface area contributed by atoms with Crippen LogP contribution in [0.15, 0.2) is 12.4 Å². The molecule has 24 heavy (non-hydrogen) atoms. The van der Waals surface area contributed by atoms with E-state index in [9.17, 15) is 9.59 Å². The van der Waals surface area contributed by atoms with Crippen molar-refractivity contribution in [2.75, 3.05) is 18.9 Å². The van der Waals surface area contributed by atoms with Crippen LogP contribution in [0.4, 0.5) is 10.5 Å². The van der Waals surface area contributed by atoms with Crippen molar-refractivity contribution in [3.8, 4) is 0 Å². The van der Waals surface area contributed by atoms with Crippen molar-refractivity contribution in [3.05, 3.63) is 12.4 Å². The predicted molar refractivity (Wildman–Crippen MR) is 91.6 cm³/mol. The van der Waals surface area contributed by atoms with Gasteiger partial charge in [0.2, 0.25) is 5.91 Å². The Labute approximate surface area is 142 Å². The number of aromatic nitrogens is 2. The van der Waals surface area contributed by atoms with Crippen LogP contribution in [0.2, 0.25) is 0 Å². The van der Waals surface area contributed by atoms with Gasteiger partial charge in [0.05, 0.1) is 11.9 Å². The topological polar surface area (TPSA) is 79.3 Å². The summed E-state index contributed by atoms with van der Waals surface area (Å²) in [5, 5.41) is 10.0. The van der Waals surface area contributed by atoms with E-state index in [-0.39, 0.29) is 18.5 Å². The van der Waals surface area contributed by atoms with Crippen molar-refractivity contribution < 1.29 is 9.59 Å². The van der Waals surface area contributed by atoms with E-state index in [4.69, 9.17) is 0 Å². The van der Waals surface area contributed by atoms with Crippen LogP contribution in [0.5, 0.6) is 0 Å². The molecule has 2 aliphatic carbocycles. The highest BCUT2D eigenvalue weighted by atomic mass is 16.2. The number of anilines is 1. The normalized spacial score (nSPS) is 18.2. The zero-order valence-electron chi connectivity index (χ0n) is 14.3. The first-order chi connectivity index (χ1) is 11.6. The van der Waals surface area contributed by atoms with Crippen LogP contribution >= 0.6 is 0 Å². The molecular weight excluding hydrogens is 306 g/mol. The van der Waals surface area contributed by atoms with Crippen LogP contribution in [0.3, 0.4) is 0 Å². The Morgan fingerprint density at radius 3 is 2.67 bits per heavy atom. The Bertz CT molecular complexity index is 575. The fourth-order valence-electron chi connectivity index (χ4n) is 3.37. The first kappa shape index (κ1) is 16.8. The second-order valence-electron chi connectivity index (χ2n) is 7.08. The molecule has 3 amide bonds. The van der Waals surface area contributed by atoms with Crippen molar-refractivity contribution in [2.24, 2.45) is 5.92 Å². The van der Waals surface area contributed by atoms with Crippen LogP contribution in [-0.2, 0) is 11.3 Å². The summed E-state index contributed by atoms with van der Waals surface area (Å²) in [5.41, 5.74) is 0.620. The smallest absolute Gasteiger partial charge is 0.321 e. The third-order valence-electron chi connectivity index (χ3n) is 5.01. The predicted octanol–water partition coefficient (Wildman–Crippen LogP) is 2.21. The highest BCUT2D eigenvalue weighted by molar-refractivity contribution is 5.88. The molecule has 2 saturated carbocycles. The average Bonchev–Trinajstić information content (AvgIpc) is 3.14. The van der Waals surface area contributed by atoms with E-state index in [1.807, 2.05) is 7.05 Å². The monoisotopic (exact) mass is 333 g/mol. The fraction of sp³-hybridized carbons (Fsp3) is 0.706. The van der Waals surface area contributed by atoms with Gasteiger partial charge in [0, 0.05) is 25.8 Å². The van der Waals surface area contributed by atoms with Crippen LogP contribution in [0.25, 0.3) is 0 Å². The lowest BCUT2D eigenvalue weighted by Crippen LogP contribution is -2.37. The number of amides is 3. The van der Waals surface area contributed by atoms with Gasteiger partial charge in [0.1, 0.15) is 6.54 Å². The summed E-state index contributed by atoms with van der Waals surface area (Å²) in [6.45, 7) is 0.980. The molecule has 0 bridgehead atoms. The van der Waals surface area contributed by atoms with E-state index in [2.05, 4.69) is 15.7 Å². The summed E-state index contributed by atoms with van der Waals surface area (Å²) in [7, 11) is 1.81. The summed E-state index contributed by atoms with van der Waals surface area (Å²) in [5.74, 6) is 0.618. The van der Waals surface area contributed by atoms with Gasteiger partial charge in [0.15, 0.2) is 0 Å². The van der Waals surface area contributed by atoms with Crippen molar-refractivity contribution in [3.63, 3.8) is 0 Å². The van der Waals surface area contributed by atoms with Gasteiger partial charge < -0.3 is 15.5 Å². The molecule has 0 atom stereocenters. The van der Waals surface area contributed by atoms with Crippen molar-refractivity contribution in [1.29, 1.82) is 0 Å². The van der Waals surface area contributed by atoms with Gasteiger partial charge >= 0.3 is 6.03 Å². The maximum atomic E-state index is 12.1. The van der Waals surface area contributed by atoms with E-state index < -0.39 is 0 Å². The first-order valence-corrected chi connectivity index (χ1v) is 8.94. The number of carbonyl (C=O) groups is 2. The molecular formula is C17H27N5O2. The number of nitrogens with zero attached hydrogens (tertiary/aromatic N) is 3. The molecule has 0 unspecified atom stereocenters. The standard InChI is InChI=1S/C17H27N5O2/c1-21(10-13-5-4-6-13)17(24)20-15-9-18-22(11-15)12-16(23)19-14-7-2-3-8-14/h9,11,13-14H,2-8,10,12H2,1H3,(H,19,23)(H,20,24). The summed E-state index contributed by atoms with van der Waals surface area (Å²) in [6, 6.07) is 0.184. The SMILES string of the molecule is CN(CC1CCC1)C(=O)Nc1cnn(CC(=O)NC2CCCC2)c1. The number of hydrogen-bond donors (Lipinski definition) is 2. The van der Waals surface area contributed by atoms with Crippen LogP contribution < -0.4 is 10.6 Å². The molecule has 2 N–H and O–H groups in total. The lowest BCUT2D eigenvalue weighted by molar-refractivity contribution is -0.122. The minimum Gasteiger partial charge on any atom is -0.352 e. The molecule has 3 rings (SSSR count). The Morgan fingerprint density at radius 1 is 1.25 bits per heavy atom. The number of hydrogen-bond acceptors (Lipinski definition) is 3. The highest BCUT2D eigenvalue weighted by Crippen LogP contribution is 2.26. The summed E-state index contributed by atoms with van der Waals surface area (Å²) in [4.78, 5) is 25.9. The average molecular weight is 333 g/mol. The minimum atomic E-state index is -0.128. The zero-order valence-corrected chi connectivity index (χ0v) is 14.3. The van der Waals surface area contributed by atoms with Gasteiger partial charge in [0.25, 0.3) is 0 Å². The van der Waals surface area contributed by atoms with E-state index in [0.717, 1.165) is 19.4 Å². The lowest BCUT2D eigenvalue weighted by atomic mass is 9.85. The van der Waals surface area contributed by atoms with Gasteiger partial charge in [-0.2, -0.15) is 5.10 Å². The van der Waals surface area contributed by atoms with E-state index in [1.54, 1.807) is 22.0 Å². The molecule has 1 heterocycles. The largest absolute Gasteiger partial charge is 0.352 e. The summed E-state index contributed by atoms with van der Waals surface area (Å²) < 4.78 is 1.56. The maximum absolute atomic E-state index is 12.1. The van der Waals surface area contributed by atoms with Crippen molar-refractivity contribution >= 4 is 17.6 Å². The Morgan fingerprint density at radius 2 is 2.00 bits per heavy atom. The molecule has 7 nitrogen and oxygen atoms in total. The molecule has 0 aromatic carbocycles. The molecule has 0 aliphatic heterocycles. The molecule has 0 saturated heterocycles. The molecule has 2 aliphatic rings. The zero-order chi connectivity index (χ0) is 16.9. The first-order valence-electron chi connectivity index (χ1n) is 8.94. The molecule has 0 spiro atoms. The highest BCUT2D eigenvalue weighted by Gasteiger charge is 2.22. The second kappa shape index (κ2) is 7.68. The summed E-state index contributed by atoms with van der Waals surface area (Å²) >= 11 is 0. The Kier molecular flexibility index (Phi) is 5.37. The number of carbonyl (C=O) groups excluding carboxylic acids is 2. The number of nitrogens with one attached hydrogen (secondary N) is 2. The Hall–Kier alpha value is -2.05. The molecule has 1 aromatic heterocycles. The fourth-order valence-corrected chi connectivity index (χ4v) is 3.37. The molecule has 2 fully saturated rings. The van der Waals surface area contributed by atoms with Crippen molar-refractivity contribution in [2.45, 2.75) is 57.5 Å². The molecule has 0 radical (unpaired) electrons. The van der Waals surface area contributed by atoms with Gasteiger partial charge in [-0.05, 0) is 31.6 Å². The van der Waals surface area contributed by atoms with E-state index in [0.29, 0.717) is 17.6 Å². The van der Waals surface area contributed by atoms with Gasteiger partial charge in [-0.1, -0.05) is 19.3 Å². The van der Waals surface area contributed by atoms with Gasteiger partial charge in [-0.3, -0.25) is 9.48 Å². The number of urea groups is 1. The molecule has 7 heteroatoms. The quantitative estimate of drug-likeness (QED) is 0.837. The second-order valence-corrected chi connectivity index (χ2v) is 7.08. The lowest BCUT2D eigenvalue weighted by Gasteiger charge is -2.30. The van der Waals surface area contributed by atoms with E-state index >= 15 is 0 Å². The minimum absolute atomic E-state index is 0.0232. The molecule has 1 aromatic rings. The molecule has 132 valence electrons. The van der Waals surface area contributed by atoms with Gasteiger partial charge in [-0.25, -0.2) is 4.79 Å².